The smallest absolute Gasteiger partial charge is 0.177 e. The number of aryl methyl sites for hydroxylation is 1. The van der Waals surface area contributed by atoms with Gasteiger partial charge in [-0.3, -0.25) is 0 Å². The zero-order valence-corrected chi connectivity index (χ0v) is 12.7. The highest BCUT2D eigenvalue weighted by atomic mass is 16.3. The zero-order valence-electron chi connectivity index (χ0n) is 12.7. The molecule has 0 bridgehead atoms. The zero-order chi connectivity index (χ0) is 16.0. The molecule has 3 aromatic rings. The lowest BCUT2D eigenvalue weighted by Gasteiger charge is -2.30. The second kappa shape index (κ2) is 5.36. The van der Waals surface area contributed by atoms with E-state index in [9.17, 15) is 5.11 Å². The van der Waals surface area contributed by atoms with E-state index in [0.29, 0.717) is 30.1 Å². The Morgan fingerprint density at radius 2 is 2.13 bits per heavy atom. The van der Waals surface area contributed by atoms with Crippen LogP contribution < -0.4 is 5.73 Å². The van der Waals surface area contributed by atoms with Crippen molar-refractivity contribution in [2.45, 2.75) is 44.2 Å². The van der Waals surface area contributed by atoms with Crippen LogP contribution in [0.25, 0.3) is 11.5 Å². The molecule has 0 radical (unpaired) electrons. The molecule has 23 heavy (non-hydrogen) atoms. The first kappa shape index (κ1) is 14.2. The van der Waals surface area contributed by atoms with Crippen molar-refractivity contribution >= 4 is 5.65 Å². The fraction of sp³-hybridized carbons (Fsp3) is 0.500. The molecule has 4 rings (SSSR count). The average Bonchev–Trinajstić information content (AvgIpc) is 3.15. The van der Waals surface area contributed by atoms with Crippen molar-refractivity contribution < 1.29 is 5.11 Å². The van der Waals surface area contributed by atoms with Crippen LogP contribution in [0.3, 0.4) is 0 Å². The third-order valence-corrected chi connectivity index (χ3v) is 4.33. The molecule has 1 aliphatic carbocycles. The summed E-state index contributed by atoms with van der Waals surface area (Å²) < 4.78 is 3.36. The maximum absolute atomic E-state index is 9.83. The first-order chi connectivity index (χ1) is 11.1. The minimum Gasteiger partial charge on any atom is -0.392 e. The highest BCUT2D eigenvalue weighted by Crippen LogP contribution is 2.32. The Kier molecular flexibility index (Phi) is 3.31. The summed E-state index contributed by atoms with van der Waals surface area (Å²) in [7, 11) is 0. The Morgan fingerprint density at radius 3 is 2.96 bits per heavy atom. The van der Waals surface area contributed by atoms with Crippen molar-refractivity contribution in [1.29, 1.82) is 0 Å². The van der Waals surface area contributed by atoms with Crippen molar-refractivity contribution in [2.24, 2.45) is 5.73 Å². The van der Waals surface area contributed by atoms with Crippen molar-refractivity contribution in [2.75, 3.05) is 0 Å². The van der Waals surface area contributed by atoms with Gasteiger partial charge in [0, 0.05) is 12.0 Å². The van der Waals surface area contributed by atoms with Crippen LogP contribution in [0.5, 0.6) is 0 Å². The minimum absolute atomic E-state index is 0.160. The van der Waals surface area contributed by atoms with Gasteiger partial charge in [-0.25, -0.2) is 4.98 Å². The van der Waals surface area contributed by atoms with Gasteiger partial charge in [0.25, 0.3) is 0 Å². The van der Waals surface area contributed by atoms with E-state index >= 15 is 0 Å². The quantitative estimate of drug-likeness (QED) is 0.681. The van der Waals surface area contributed by atoms with Gasteiger partial charge in [0.1, 0.15) is 18.0 Å². The van der Waals surface area contributed by atoms with E-state index in [1.807, 2.05) is 19.1 Å². The fourth-order valence-electron chi connectivity index (χ4n) is 3.12. The molecule has 120 valence electrons. The number of aromatic nitrogens is 7. The molecular weight excluding hydrogens is 296 g/mol. The van der Waals surface area contributed by atoms with Gasteiger partial charge in [-0.05, 0) is 38.3 Å². The molecule has 0 saturated heterocycles. The third kappa shape index (κ3) is 2.47. The lowest BCUT2D eigenvalue weighted by atomic mass is 9.83. The molecule has 3 N–H and O–H groups in total. The van der Waals surface area contributed by atoms with Gasteiger partial charge in [0.2, 0.25) is 0 Å². The number of hydrogen-bond acceptors (Lipinski definition) is 7. The van der Waals surface area contributed by atoms with Crippen molar-refractivity contribution in [3.63, 3.8) is 0 Å². The molecule has 0 aromatic carbocycles. The molecule has 9 heteroatoms. The molecule has 3 atom stereocenters. The molecule has 9 nitrogen and oxygen atoms in total. The summed E-state index contributed by atoms with van der Waals surface area (Å²) in [5, 5.41) is 26.6. The molecule has 1 saturated carbocycles. The number of nitrogens with zero attached hydrogens (tertiary/aromatic N) is 7. The van der Waals surface area contributed by atoms with E-state index in [1.165, 1.54) is 0 Å². The van der Waals surface area contributed by atoms with Crippen LogP contribution >= 0.6 is 0 Å². The van der Waals surface area contributed by atoms with Gasteiger partial charge in [-0.1, -0.05) is 0 Å². The van der Waals surface area contributed by atoms with Gasteiger partial charge >= 0.3 is 0 Å². The molecule has 0 spiro atoms. The Bertz CT molecular complexity index is 840. The topological polar surface area (TPSA) is 120 Å². The van der Waals surface area contributed by atoms with Gasteiger partial charge in [-0.15, -0.1) is 20.4 Å². The van der Waals surface area contributed by atoms with Crippen molar-refractivity contribution in [3.8, 4) is 5.82 Å². The molecule has 0 unspecified atom stereocenters. The Labute approximate surface area is 132 Å². The number of hydrogen-bond donors (Lipinski definition) is 2. The van der Waals surface area contributed by atoms with E-state index in [-0.39, 0.29) is 12.0 Å². The molecule has 3 aromatic heterocycles. The van der Waals surface area contributed by atoms with Crippen LogP contribution in [0.1, 0.15) is 36.8 Å². The number of fused-ring (bicyclic) bond motifs is 1. The monoisotopic (exact) mass is 314 g/mol. The maximum atomic E-state index is 9.83. The Hall–Kier alpha value is -2.39. The lowest BCUT2D eigenvalue weighted by Crippen LogP contribution is -2.40. The summed E-state index contributed by atoms with van der Waals surface area (Å²) in [5.41, 5.74) is 6.69. The van der Waals surface area contributed by atoms with Gasteiger partial charge < -0.3 is 10.8 Å². The van der Waals surface area contributed by atoms with Crippen LogP contribution in [0.15, 0.2) is 18.5 Å². The predicted molar refractivity (Wildman–Crippen MR) is 81.0 cm³/mol. The van der Waals surface area contributed by atoms with Crippen molar-refractivity contribution in [3.05, 3.63) is 30.1 Å². The Morgan fingerprint density at radius 1 is 1.26 bits per heavy atom. The molecule has 1 aliphatic rings. The summed E-state index contributed by atoms with van der Waals surface area (Å²) in [5.74, 6) is 2.34. The maximum Gasteiger partial charge on any atom is 0.177 e. The van der Waals surface area contributed by atoms with Crippen LogP contribution in [0, 0.1) is 6.92 Å². The summed E-state index contributed by atoms with van der Waals surface area (Å²) in [6.07, 6.45) is 3.32. The second-order valence-electron chi connectivity index (χ2n) is 6.00. The Balaban J connectivity index is 1.74. The first-order valence-electron chi connectivity index (χ1n) is 7.66. The minimum atomic E-state index is -0.435. The standard InChI is InChI=1S/C14H18N8O/c1-8-17-14(9-2-3-11(23)10(15)6-9)22(19-8)13-5-4-12-18-16-7-21(12)20-13/h4-5,7,9-11,23H,2-3,6,15H2,1H3/t9-,10+,11+/m0/s1. The molecule has 0 amide bonds. The van der Waals surface area contributed by atoms with Gasteiger partial charge in [0.15, 0.2) is 11.5 Å². The normalized spacial score (nSPS) is 25.1. The van der Waals surface area contributed by atoms with E-state index in [0.717, 1.165) is 12.2 Å². The van der Waals surface area contributed by atoms with E-state index in [4.69, 9.17) is 5.73 Å². The van der Waals surface area contributed by atoms with Gasteiger partial charge in [0.05, 0.1) is 6.10 Å². The largest absolute Gasteiger partial charge is 0.392 e. The van der Waals surface area contributed by atoms with Gasteiger partial charge in [-0.2, -0.15) is 9.20 Å². The summed E-state index contributed by atoms with van der Waals surface area (Å²) in [6, 6.07) is 3.46. The van der Waals surface area contributed by atoms with Crippen molar-refractivity contribution in [1.82, 2.24) is 34.6 Å². The number of nitrogens with two attached hydrogens (primary N) is 1. The lowest BCUT2D eigenvalue weighted by molar-refractivity contribution is 0.0989. The van der Waals surface area contributed by atoms with E-state index in [1.54, 1.807) is 15.5 Å². The van der Waals surface area contributed by atoms with E-state index < -0.39 is 6.10 Å². The van der Waals surface area contributed by atoms with Crippen LogP contribution in [0.4, 0.5) is 0 Å². The molecular formula is C14H18N8O. The third-order valence-electron chi connectivity index (χ3n) is 4.33. The summed E-state index contributed by atoms with van der Waals surface area (Å²) >= 11 is 0. The number of aliphatic hydroxyl groups excluding tert-OH is 1. The second-order valence-corrected chi connectivity index (χ2v) is 6.00. The molecule has 0 aliphatic heterocycles. The molecule has 1 fully saturated rings. The highest BCUT2D eigenvalue weighted by molar-refractivity contribution is 5.38. The van der Waals surface area contributed by atoms with Crippen LogP contribution in [-0.4, -0.2) is 51.8 Å². The number of rotatable bonds is 2. The summed E-state index contributed by atoms with van der Waals surface area (Å²) in [4.78, 5) is 4.57. The fourth-order valence-corrected chi connectivity index (χ4v) is 3.12. The van der Waals surface area contributed by atoms with Crippen LogP contribution in [-0.2, 0) is 0 Å². The average molecular weight is 314 g/mol. The first-order valence-corrected chi connectivity index (χ1v) is 7.66. The highest BCUT2D eigenvalue weighted by Gasteiger charge is 2.31. The predicted octanol–water partition coefficient (Wildman–Crippen LogP) is -0.0309. The number of aliphatic hydroxyl groups is 1. The van der Waals surface area contributed by atoms with Crippen LogP contribution in [0.2, 0.25) is 0 Å². The SMILES string of the molecule is Cc1nc([C@H]2CC[C@@H](O)[C@H](N)C2)n(-c2ccc3nncn3n2)n1. The molecule has 3 heterocycles. The van der Waals surface area contributed by atoms with E-state index in [2.05, 4.69) is 25.4 Å². The summed E-state index contributed by atoms with van der Waals surface area (Å²) in [6.45, 7) is 1.86.